The summed E-state index contributed by atoms with van der Waals surface area (Å²) in [7, 11) is 0. The lowest BCUT2D eigenvalue weighted by Gasteiger charge is -2.20. The second kappa shape index (κ2) is 9.19. The molecule has 1 aliphatic heterocycles. The minimum atomic E-state index is -0.585. The second-order valence-corrected chi connectivity index (χ2v) is 7.37. The molecule has 1 unspecified atom stereocenters. The van der Waals surface area contributed by atoms with E-state index in [1.165, 1.54) is 0 Å². The molecule has 6 nitrogen and oxygen atoms in total. The third-order valence-corrected chi connectivity index (χ3v) is 5.27. The summed E-state index contributed by atoms with van der Waals surface area (Å²) >= 11 is 1.62. The molecule has 1 aromatic rings. The van der Waals surface area contributed by atoms with Gasteiger partial charge in [-0.2, -0.15) is 5.06 Å². The van der Waals surface area contributed by atoms with Gasteiger partial charge in [0, 0.05) is 34.2 Å². The van der Waals surface area contributed by atoms with Crippen LogP contribution in [0.15, 0.2) is 39.5 Å². The van der Waals surface area contributed by atoms with Crippen LogP contribution in [0.5, 0.6) is 0 Å². The smallest absolute Gasteiger partial charge is 0.300 e. The highest BCUT2D eigenvalue weighted by atomic mass is 32.2. The molecular formula is C20H27N3O3S. The number of allylic oxidation sites excluding steroid dienone is 1. The molecule has 0 aromatic heterocycles. The van der Waals surface area contributed by atoms with Crippen molar-refractivity contribution in [3.8, 4) is 0 Å². The summed E-state index contributed by atoms with van der Waals surface area (Å²) in [5.41, 5.74) is 3.89. The van der Waals surface area contributed by atoms with Gasteiger partial charge in [-0.15, -0.1) is 11.8 Å². The maximum Gasteiger partial charge on any atom is 0.300 e. The molecule has 0 aliphatic carbocycles. The molecule has 1 N–H and O–H groups in total. The molecule has 1 amide bonds. The predicted octanol–water partition coefficient (Wildman–Crippen LogP) is 4.18. The zero-order valence-electron chi connectivity index (χ0n) is 16.6. The van der Waals surface area contributed by atoms with E-state index in [2.05, 4.69) is 16.7 Å². The van der Waals surface area contributed by atoms with Crippen LogP contribution in [0.3, 0.4) is 0 Å². The van der Waals surface area contributed by atoms with E-state index in [9.17, 15) is 10.0 Å². The third-order valence-electron chi connectivity index (χ3n) is 4.49. The zero-order valence-corrected chi connectivity index (χ0v) is 17.4. The lowest BCUT2D eigenvalue weighted by atomic mass is 9.94. The first-order valence-corrected chi connectivity index (χ1v) is 10.2. The number of carbonyl (C=O) groups excluding carboxylic acids is 1. The number of hydroxylamine groups is 2. The molecule has 1 aliphatic rings. The number of rotatable bonds is 7. The van der Waals surface area contributed by atoms with Gasteiger partial charge in [0.15, 0.2) is 0 Å². The normalized spacial score (nSPS) is 15.2. The Hall–Kier alpha value is -2.12. The summed E-state index contributed by atoms with van der Waals surface area (Å²) in [5, 5.41) is 14.9. The summed E-state index contributed by atoms with van der Waals surface area (Å²) in [6.45, 7) is 11.7. The molecular weight excluding hydrogens is 362 g/mol. The highest BCUT2D eigenvalue weighted by molar-refractivity contribution is 7.98. The lowest BCUT2D eigenvalue weighted by Crippen LogP contribution is -2.34. The fourth-order valence-electron chi connectivity index (χ4n) is 2.78. The van der Waals surface area contributed by atoms with Crippen molar-refractivity contribution in [2.75, 3.05) is 12.9 Å². The lowest BCUT2D eigenvalue weighted by molar-refractivity contribution is -0.148. The number of benzene rings is 1. The van der Waals surface area contributed by atoms with E-state index in [-0.39, 0.29) is 17.5 Å². The Labute approximate surface area is 164 Å². The predicted molar refractivity (Wildman–Crippen MR) is 110 cm³/mol. The van der Waals surface area contributed by atoms with E-state index in [0.29, 0.717) is 17.2 Å². The van der Waals surface area contributed by atoms with Gasteiger partial charge in [-0.1, -0.05) is 24.7 Å². The van der Waals surface area contributed by atoms with Crippen molar-refractivity contribution in [3.63, 3.8) is 0 Å². The molecule has 1 atom stereocenters. The van der Waals surface area contributed by atoms with Crippen LogP contribution in [0.4, 0.5) is 0 Å². The molecule has 7 heteroatoms. The summed E-state index contributed by atoms with van der Waals surface area (Å²) in [5.74, 6) is -0.585. The molecule has 0 radical (unpaired) electrons. The van der Waals surface area contributed by atoms with E-state index in [4.69, 9.17) is 4.84 Å². The van der Waals surface area contributed by atoms with Crippen molar-refractivity contribution in [2.24, 2.45) is 10.1 Å². The Morgan fingerprint density at radius 1 is 1.52 bits per heavy atom. The minimum absolute atomic E-state index is 0.0577. The number of hydrogen-bond donors (Lipinski definition) is 1. The molecule has 0 saturated heterocycles. The standard InChI is InChI=1S/C20H27N3O3S/c1-7-13(4)21-19(20(24)23(25)12(2)3)15-8-9-17(27-6)18(14(15)5)16-10-11-26-22-16/h8-9,13,25H,2,7,10-11H2,1,3-6H3. The molecule has 1 aromatic carbocycles. The number of amides is 1. The molecule has 0 bridgehead atoms. The van der Waals surface area contributed by atoms with Gasteiger partial charge in [0.05, 0.1) is 5.71 Å². The Balaban J connectivity index is 2.65. The van der Waals surface area contributed by atoms with Crippen LogP contribution in [0.25, 0.3) is 0 Å². The first kappa shape index (κ1) is 21.2. The van der Waals surface area contributed by atoms with Gasteiger partial charge in [-0.25, -0.2) is 0 Å². The van der Waals surface area contributed by atoms with E-state index in [1.807, 2.05) is 39.2 Å². The Morgan fingerprint density at radius 3 is 2.74 bits per heavy atom. The highest BCUT2D eigenvalue weighted by Gasteiger charge is 2.26. The van der Waals surface area contributed by atoms with Crippen LogP contribution in [0.2, 0.25) is 0 Å². The van der Waals surface area contributed by atoms with Gasteiger partial charge in [-0.3, -0.25) is 15.0 Å². The van der Waals surface area contributed by atoms with Crippen molar-refractivity contribution < 1.29 is 14.8 Å². The highest BCUT2D eigenvalue weighted by Crippen LogP contribution is 2.30. The third kappa shape index (κ3) is 4.59. The molecule has 2 rings (SSSR count). The van der Waals surface area contributed by atoms with E-state index < -0.39 is 5.91 Å². The van der Waals surface area contributed by atoms with Crippen LogP contribution in [-0.2, 0) is 9.63 Å². The van der Waals surface area contributed by atoms with Crippen molar-refractivity contribution in [1.82, 2.24) is 5.06 Å². The summed E-state index contributed by atoms with van der Waals surface area (Å²) in [6.07, 6.45) is 3.51. The quantitative estimate of drug-likeness (QED) is 0.329. The van der Waals surface area contributed by atoms with Crippen LogP contribution in [0, 0.1) is 6.92 Å². The maximum absolute atomic E-state index is 12.9. The van der Waals surface area contributed by atoms with Crippen LogP contribution < -0.4 is 0 Å². The van der Waals surface area contributed by atoms with Gasteiger partial charge in [0.25, 0.3) is 5.91 Å². The average molecular weight is 390 g/mol. The average Bonchev–Trinajstić information content (AvgIpc) is 3.18. The Morgan fingerprint density at radius 2 is 2.22 bits per heavy atom. The molecule has 0 saturated carbocycles. The summed E-state index contributed by atoms with van der Waals surface area (Å²) in [4.78, 5) is 23.8. The fraction of sp³-hybridized carbons (Fsp3) is 0.450. The number of hydrogen-bond acceptors (Lipinski definition) is 6. The fourth-order valence-corrected chi connectivity index (χ4v) is 3.46. The monoisotopic (exact) mass is 389 g/mol. The molecule has 146 valence electrons. The van der Waals surface area contributed by atoms with Crippen molar-refractivity contribution in [1.29, 1.82) is 0 Å². The Bertz CT molecular complexity index is 802. The van der Waals surface area contributed by atoms with E-state index in [1.54, 1.807) is 18.7 Å². The number of aliphatic imine (C=N–C) groups is 1. The first-order chi connectivity index (χ1) is 12.8. The minimum Gasteiger partial charge on any atom is -0.395 e. The van der Waals surface area contributed by atoms with Crippen molar-refractivity contribution >= 4 is 29.1 Å². The topological polar surface area (TPSA) is 74.5 Å². The largest absolute Gasteiger partial charge is 0.395 e. The number of carbonyl (C=O) groups is 1. The summed E-state index contributed by atoms with van der Waals surface area (Å²) in [6, 6.07) is 3.79. The van der Waals surface area contributed by atoms with Gasteiger partial charge in [0.2, 0.25) is 0 Å². The van der Waals surface area contributed by atoms with E-state index in [0.717, 1.165) is 34.6 Å². The molecule has 0 fully saturated rings. The first-order valence-electron chi connectivity index (χ1n) is 8.95. The van der Waals surface area contributed by atoms with Crippen LogP contribution in [0.1, 0.15) is 50.3 Å². The van der Waals surface area contributed by atoms with Crippen LogP contribution in [-0.4, -0.2) is 46.5 Å². The molecule has 1 heterocycles. The SMILES string of the molecule is C=C(C)N(O)C(=O)C(=NC(C)CC)c1ccc(SC)c(C2=NOCC2)c1C. The van der Waals surface area contributed by atoms with Crippen molar-refractivity contribution in [2.45, 2.75) is 51.5 Å². The van der Waals surface area contributed by atoms with Crippen LogP contribution >= 0.6 is 11.8 Å². The maximum atomic E-state index is 12.9. The molecule has 0 spiro atoms. The summed E-state index contributed by atoms with van der Waals surface area (Å²) < 4.78 is 0. The number of nitrogens with zero attached hydrogens (tertiary/aromatic N) is 3. The number of oxime groups is 1. The number of thioether (sulfide) groups is 1. The van der Waals surface area contributed by atoms with Gasteiger partial charge < -0.3 is 4.84 Å². The second-order valence-electron chi connectivity index (χ2n) is 6.52. The van der Waals surface area contributed by atoms with Gasteiger partial charge in [-0.05, 0) is 45.1 Å². The van der Waals surface area contributed by atoms with Crippen molar-refractivity contribution in [3.05, 3.63) is 41.1 Å². The van der Waals surface area contributed by atoms with Gasteiger partial charge >= 0.3 is 0 Å². The molecule has 27 heavy (non-hydrogen) atoms. The zero-order chi connectivity index (χ0) is 20.1. The van der Waals surface area contributed by atoms with Gasteiger partial charge in [0.1, 0.15) is 12.3 Å². The Kier molecular flexibility index (Phi) is 7.21. The van der Waals surface area contributed by atoms with E-state index >= 15 is 0 Å².